The van der Waals surface area contributed by atoms with Crippen LogP contribution in [0.25, 0.3) is 11.3 Å². The Balaban J connectivity index is 2.61. The number of aromatic nitrogens is 2. The molecule has 0 unspecified atom stereocenters. The predicted octanol–water partition coefficient (Wildman–Crippen LogP) is 3.69. The van der Waals surface area contributed by atoms with Crippen LogP contribution in [0.2, 0.25) is 0 Å². The van der Waals surface area contributed by atoms with E-state index >= 15 is 0 Å². The summed E-state index contributed by atoms with van der Waals surface area (Å²) in [6.07, 6.45) is 0.785. The van der Waals surface area contributed by atoms with Crippen LogP contribution in [-0.2, 0) is 13.5 Å². The monoisotopic (exact) mass is 300 g/mol. The molecular weight excluding hydrogens is 290 g/mol. The molecule has 1 heterocycles. The first-order chi connectivity index (χ1) is 8.04. The minimum atomic E-state index is -0.605. The zero-order valence-electron chi connectivity index (χ0n) is 9.47. The third kappa shape index (κ3) is 2.11. The van der Waals surface area contributed by atoms with Crippen molar-refractivity contribution in [2.75, 3.05) is 0 Å². The van der Waals surface area contributed by atoms with Gasteiger partial charge in [0.1, 0.15) is 17.3 Å². The van der Waals surface area contributed by atoms with E-state index in [0.717, 1.165) is 22.7 Å². The topological polar surface area (TPSA) is 17.8 Å². The lowest BCUT2D eigenvalue weighted by molar-refractivity contribution is 0.585. The van der Waals surface area contributed by atoms with E-state index in [4.69, 9.17) is 0 Å². The van der Waals surface area contributed by atoms with Crippen molar-refractivity contribution in [3.05, 3.63) is 40.0 Å². The van der Waals surface area contributed by atoms with E-state index in [1.54, 1.807) is 11.7 Å². The number of aryl methyl sites for hydroxylation is 1. The Kier molecular flexibility index (Phi) is 3.28. The predicted molar refractivity (Wildman–Crippen MR) is 65.6 cm³/mol. The molecule has 0 N–H and O–H groups in total. The van der Waals surface area contributed by atoms with E-state index in [2.05, 4.69) is 21.0 Å². The van der Waals surface area contributed by atoms with Gasteiger partial charge in [-0.15, -0.1) is 0 Å². The minimum absolute atomic E-state index is 0.300. The number of nitrogens with zero attached hydrogens (tertiary/aromatic N) is 2. The molecule has 0 bridgehead atoms. The van der Waals surface area contributed by atoms with Gasteiger partial charge in [-0.2, -0.15) is 5.10 Å². The summed E-state index contributed by atoms with van der Waals surface area (Å²) in [6, 6.07) is 3.49. The van der Waals surface area contributed by atoms with Crippen molar-refractivity contribution in [3.63, 3.8) is 0 Å². The number of rotatable bonds is 2. The van der Waals surface area contributed by atoms with Crippen LogP contribution in [-0.4, -0.2) is 9.78 Å². The Morgan fingerprint density at radius 2 is 2.06 bits per heavy atom. The highest BCUT2D eigenvalue weighted by Crippen LogP contribution is 2.32. The molecular formula is C12H11BrF2N2. The Labute approximate surface area is 106 Å². The second-order valence-corrected chi connectivity index (χ2v) is 4.50. The van der Waals surface area contributed by atoms with Crippen molar-refractivity contribution >= 4 is 15.9 Å². The van der Waals surface area contributed by atoms with Crippen LogP contribution < -0.4 is 0 Å². The standard InChI is InChI=1S/C12H11BrF2N2/c1-3-10-11(13)12(16-17(10)2)8-5-4-7(14)6-9(8)15/h4-6H,3H2,1-2H3. The summed E-state index contributed by atoms with van der Waals surface area (Å²) in [5, 5.41) is 4.25. The SMILES string of the molecule is CCc1c(Br)c(-c2ccc(F)cc2F)nn1C. The van der Waals surface area contributed by atoms with Crippen molar-refractivity contribution in [1.29, 1.82) is 0 Å². The maximum atomic E-state index is 13.7. The quantitative estimate of drug-likeness (QED) is 0.827. The van der Waals surface area contributed by atoms with E-state index in [9.17, 15) is 8.78 Å². The van der Waals surface area contributed by atoms with Gasteiger partial charge >= 0.3 is 0 Å². The lowest BCUT2D eigenvalue weighted by Gasteiger charge is -2.00. The highest BCUT2D eigenvalue weighted by atomic mass is 79.9. The van der Waals surface area contributed by atoms with E-state index in [1.807, 2.05) is 6.92 Å². The molecule has 0 aliphatic rings. The van der Waals surface area contributed by atoms with Crippen LogP contribution in [0.3, 0.4) is 0 Å². The molecule has 0 aliphatic heterocycles. The molecule has 17 heavy (non-hydrogen) atoms. The molecule has 0 saturated heterocycles. The molecule has 2 rings (SSSR count). The van der Waals surface area contributed by atoms with Gasteiger partial charge in [0.25, 0.3) is 0 Å². The van der Waals surface area contributed by atoms with Gasteiger partial charge in [0.15, 0.2) is 0 Å². The van der Waals surface area contributed by atoms with Crippen molar-refractivity contribution in [1.82, 2.24) is 9.78 Å². The van der Waals surface area contributed by atoms with Crippen LogP contribution in [0.15, 0.2) is 22.7 Å². The van der Waals surface area contributed by atoms with Gasteiger partial charge in [-0.25, -0.2) is 8.78 Å². The molecule has 2 nitrogen and oxygen atoms in total. The van der Waals surface area contributed by atoms with Crippen molar-refractivity contribution < 1.29 is 8.78 Å². The first kappa shape index (κ1) is 12.2. The zero-order valence-corrected chi connectivity index (χ0v) is 11.1. The molecule has 0 fully saturated rings. The molecule has 1 aromatic carbocycles. The number of benzene rings is 1. The van der Waals surface area contributed by atoms with E-state index < -0.39 is 11.6 Å². The summed E-state index contributed by atoms with van der Waals surface area (Å²) < 4.78 is 28.9. The first-order valence-electron chi connectivity index (χ1n) is 5.21. The second-order valence-electron chi connectivity index (χ2n) is 3.71. The van der Waals surface area contributed by atoms with Gasteiger partial charge < -0.3 is 0 Å². The molecule has 5 heteroatoms. The molecule has 0 spiro atoms. The van der Waals surface area contributed by atoms with Crippen LogP contribution in [0.4, 0.5) is 8.78 Å². The van der Waals surface area contributed by atoms with Crippen LogP contribution in [0.5, 0.6) is 0 Å². The van der Waals surface area contributed by atoms with E-state index in [0.29, 0.717) is 11.3 Å². The summed E-state index contributed by atoms with van der Waals surface area (Å²) in [5.41, 5.74) is 1.78. The molecule has 0 amide bonds. The Bertz CT molecular complexity index is 564. The molecule has 1 aromatic heterocycles. The van der Waals surface area contributed by atoms with E-state index in [1.165, 1.54) is 12.1 Å². The fourth-order valence-corrected chi connectivity index (χ4v) is 2.60. The number of halogens is 3. The van der Waals surface area contributed by atoms with E-state index in [-0.39, 0.29) is 0 Å². The summed E-state index contributed by atoms with van der Waals surface area (Å²) in [4.78, 5) is 0. The third-order valence-corrected chi connectivity index (χ3v) is 3.46. The Morgan fingerprint density at radius 1 is 1.35 bits per heavy atom. The van der Waals surface area contributed by atoms with Gasteiger partial charge in [-0.05, 0) is 34.5 Å². The molecule has 0 atom stereocenters. The van der Waals surface area contributed by atoms with Gasteiger partial charge in [0, 0.05) is 18.7 Å². The summed E-state index contributed by atoms with van der Waals surface area (Å²) in [5.74, 6) is -1.19. The molecule has 2 aromatic rings. The van der Waals surface area contributed by atoms with Crippen molar-refractivity contribution in [2.24, 2.45) is 7.05 Å². The minimum Gasteiger partial charge on any atom is -0.271 e. The van der Waals surface area contributed by atoms with Crippen LogP contribution >= 0.6 is 15.9 Å². The maximum Gasteiger partial charge on any atom is 0.135 e. The maximum absolute atomic E-state index is 13.7. The fraction of sp³-hybridized carbons (Fsp3) is 0.250. The van der Waals surface area contributed by atoms with Gasteiger partial charge in [-0.3, -0.25) is 4.68 Å². The number of hydrogen-bond acceptors (Lipinski definition) is 1. The summed E-state index contributed by atoms with van der Waals surface area (Å²) in [6.45, 7) is 1.99. The van der Waals surface area contributed by atoms with Crippen molar-refractivity contribution in [3.8, 4) is 11.3 Å². The van der Waals surface area contributed by atoms with Crippen molar-refractivity contribution in [2.45, 2.75) is 13.3 Å². The highest BCUT2D eigenvalue weighted by Gasteiger charge is 2.17. The lowest BCUT2D eigenvalue weighted by atomic mass is 10.1. The number of hydrogen-bond donors (Lipinski definition) is 0. The molecule has 0 radical (unpaired) electrons. The first-order valence-corrected chi connectivity index (χ1v) is 6.00. The van der Waals surface area contributed by atoms with Gasteiger partial charge in [0.2, 0.25) is 0 Å². The lowest BCUT2D eigenvalue weighted by Crippen LogP contribution is -1.96. The average Bonchev–Trinajstić information content (AvgIpc) is 2.54. The van der Waals surface area contributed by atoms with Crippen LogP contribution in [0, 0.1) is 11.6 Å². The summed E-state index contributed by atoms with van der Waals surface area (Å²) >= 11 is 3.41. The fourth-order valence-electron chi connectivity index (χ4n) is 1.77. The Hall–Kier alpha value is -1.23. The summed E-state index contributed by atoms with van der Waals surface area (Å²) in [7, 11) is 1.80. The zero-order chi connectivity index (χ0) is 12.6. The molecule has 0 saturated carbocycles. The second kappa shape index (κ2) is 4.56. The van der Waals surface area contributed by atoms with Gasteiger partial charge in [-0.1, -0.05) is 6.92 Å². The molecule has 90 valence electrons. The average molecular weight is 301 g/mol. The molecule has 0 aliphatic carbocycles. The van der Waals surface area contributed by atoms with Gasteiger partial charge in [0.05, 0.1) is 10.2 Å². The largest absolute Gasteiger partial charge is 0.271 e. The Morgan fingerprint density at radius 3 is 2.59 bits per heavy atom. The normalized spacial score (nSPS) is 10.9. The highest BCUT2D eigenvalue weighted by molar-refractivity contribution is 9.10. The third-order valence-electron chi connectivity index (χ3n) is 2.62. The smallest absolute Gasteiger partial charge is 0.135 e. The van der Waals surface area contributed by atoms with Crippen LogP contribution in [0.1, 0.15) is 12.6 Å².